The molecule has 3 heterocycles. The predicted molar refractivity (Wildman–Crippen MR) is 146 cm³/mol. The number of hydrogen-bond donors (Lipinski definition) is 2. The summed E-state index contributed by atoms with van der Waals surface area (Å²) in [5.41, 5.74) is 4.19. The van der Waals surface area contributed by atoms with Crippen LogP contribution < -0.4 is 14.9 Å². The van der Waals surface area contributed by atoms with Crippen molar-refractivity contribution in [2.24, 2.45) is 10.9 Å². The lowest BCUT2D eigenvalue weighted by atomic mass is 9.91. The van der Waals surface area contributed by atoms with Crippen molar-refractivity contribution in [2.45, 2.75) is 23.7 Å². The minimum Gasteiger partial charge on any atom is -0.378 e. The minimum absolute atomic E-state index is 0.141. The summed E-state index contributed by atoms with van der Waals surface area (Å²) in [7, 11) is -3.70. The largest absolute Gasteiger partial charge is 0.378 e. The molecule has 0 spiro atoms. The first kappa shape index (κ1) is 24.7. The van der Waals surface area contributed by atoms with Crippen LogP contribution >= 0.6 is 0 Å². The number of aliphatic imine (C=N–C) groups is 1. The molecule has 1 saturated heterocycles. The third-order valence-corrected chi connectivity index (χ3v) is 8.55. The van der Waals surface area contributed by atoms with Crippen LogP contribution in [0.2, 0.25) is 0 Å². The second-order valence-electron chi connectivity index (χ2n) is 9.82. The van der Waals surface area contributed by atoms with Crippen molar-refractivity contribution in [3.63, 3.8) is 0 Å². The average molecular weight is 532 g/mol. The molecule has 1 atom stereocenters. The molecule has 6 rings (SSSR count). The fourth-order valence-electron chi connectivity index (χ4n) is 4.85. The Bertz CT molecular complexity index is 1480. The van der Waals surface area contributed by atoms with Gasteiger partial charge in [-0.15, -0.1) is 0 Å². The van der Waals surface area contributed by atoms with Crippen LogP contribution in [0.15, 0.2) is 76.9 Å². The molecule has 2 fully saturated rings. The Morgan fingerprint density at radius 2 is 1.87 bits per heavy atom. The van der Waals surface area contributed by atoms with Crippen molar-refractivity contribution in [3.05, 3.63) is 78.1 Å². The van der Waals surface area contributed by atoms with E-state index in [0.717, 1.165) is 37.2 Å². The number of benzene rings is 2. The smallest absolute Gasteiger partial charge is 0.240 e. The van der Waals surface area contributed by atoms with E-state index in [1.807, 2.05) is 36.4 Å². The highest BCUT2D eigenvalue weighted by Gasteiger charge is 2.37. The third-order valence-electron chi connectivity index (χ3n) is 7.13. The maximum Gasteiger partial charge on any atom is 0.240 e. The highest BCUT2D eigenvalue weighted by atomic mass is 32.2. The van der Waals surface area contributed by atoms with Gasteiger partial charge in [0.15, 0.2) is 0 Å². The zero-order valence-electron chi connectivity index (χ0n) is 20.8. The molecular formula is C28H29N5O4S. The average Bonchev–Trinajstić information content (AvgIpc) is 3.72. The Morgan fingerprint density at radius 1 is 1.08 bits per heavy atom. The van der Waals surface area contributed by atoms with Gasteiger partial charge in [-0.25, -0.2) is 13.1 Å². The van der Waals surface area contributed by atoms with E-state index in [1.165, 1.54) is 6.07 Å². The van der Waals surface area contributed by atoms with Crippen LogP contribution in [0.4, 0.5) is 17.1 Å². The SMILES string of the molecule is O=C1Nc2ccc(S(=O)(=O)NCC3CC3)cc2C1C(=Nc1cccc(N2CCOCC2)c1)c1ccncc1. The number of morpholine rings is 1. The molecule has 196 valence electrons. The summed E-state index contributed by atoms with van der Waals surface area (Å²) in [5.74, 6) is -0.618. The summed E-state index contributed by atoms with van der Waals surface area (Å²) < 4.78 is 34.2. The molecule has 3 aliphatic rings. The van der Waals surface area contributed by atoms with Crippen LogP contribution in [0.1, 0.15) is 29.9 Å². The monoisotopic (exact) mass is 531 g/mol. The molecular weight excluding hydrogens is 502 g/mol. The lowest BCUT2D eigenvalue weighted by Gasteiger charge is -2.29. The number of aromatic nitrogens is 1. The lowest BCUT2D eigenvalue weighted by Crippen LogP contribution is -2.36. The number of rotatable bonds is 8. The molecule has 1 unspecified atom stereocenters. The molecule has 2 aliphatic heterocycles. The highest BCUT2D eigenvalue weighted by Crippen LogP contribution is 2.38. The Kier molecular flexibility index (Phi) is 6.69. The van der Waals surface area contributed by atoms with Crippen molar-refractivity contribution in [2.75, 3.05) is 43.1 Å². The van der Waals surface area contributed by atoms with Crippen LogP contribution in [0.5, 0.6) is 0 Å². The number of fused-ring (bicyclic) bond motifs is 1. The van der Waals surface area contributed by atoms with E-state index in [2.05, 4.69) is 19.9 Å². The molecule has 38 heavy (non-hydrogen) atoms. The van der Waals surface area contributed by atoms with Crippen LogP contribution in [-0.4, -0.2) is 57.9 Å². The second kappa shape index (κ2) is 10.3. The number of nitrogens with one attached hydrogen (secondary N) is 2. The van der Waals surface area contributed by atoms with Gasteiger partial charge in [-0.3, -0.25) is 14.8 Å². The lowest BCUT2D eigenvalue weighted by molar-refractivity contribution is -0.115. The van der Waals surface area contributed by atoms with Gasteiger partial charge in [0.05, 0.1) is 29.5 Å². The first-order chi connectivity index (χ1) is 18.5. The fraction of sp³-hybridized carbons (Fsp3) is 0.321. The second-order valence-corrected chi connectivity index (χ2v) is 11.6. The van der Waals surface area contributed by atoms with Crippen molar-refractivity contribution < 1.29 is 17.9 Å². The van der Waals surface area contributed by atoms with E-state index >= 15 is 0 Å². The molecule has 2 N–H and O–H groups in total. The van der Waals surface area contributed by atoms with Crippen LogP contribution in [-0.2, 0) is 19.6 Å². The number of carbonyl (C=O) groups is 1. The summed E-state index contributed by atoms with van der Waals surface area (Å²) in [6.45, 7) is 3.39. The Balaban J connectivity index is 1.40. The van der Waals surface area contributed by atoms with Crippen molar-refractivity contribution in [1.82, 2.24) is 9.71 Å². The van der Waals surface area contributed by atoms with Gasteiger partial charge in [-0.1, -0.05) is 6.07 Å². The first-order valence-electron chi connectivity index (χ1n) is 12.8. The fourth-order valence-corrected chi connectivity index (χ4v) is 6.00. The van der Waals surface area contributed by atoms with Gasteiger partial charge in [0.25, 0.3) is 0 Å². The summed E-state index contributed by atoms with van der Waals surface area (Å²) in [6, 6.07) is 16.3. The number of carbonyl (C=O) groups excluding carboxylic acids is 1. The van der Waals surface area contributed by atoms with Crippen molar-refractivity contribution >= 4 is 38.7 Å². The molecule has 9 nitrogen and oxygen atoms in total. The zero-order chi connectivity index (χ0) is 26.1. The van der Waals surface area contributed by atoms with Gasteiger partial charge in [0.1, 0.15) is 5.92 Å². The van der Waals surface area contributed by atoms with E-state index < -0.39 is 15.9 Å². The van der Waals surface area contributed by atoms with Gasteiger partial charge in [-0.2, -0.15) is 0 Å². The quantitative estimate of drug-likeness (QED) is 0.431. The number of hydrogen-bond acceptors (Lipinski definition) is 7. The molecule has 1 saturated carbocycles. The standard InChI is InChI=1S/C28H29N5O4S/c34-28-26(24-17-23(6-7-25(24)32-28)38(35,36)30-18-19-4-5-19)27(20-8-10-29-11-9-20)31-21-2-1-3-22(16-21)33-12-14-37-15-13-33/h1-3,6-11,16-17,19,26,30H,4-5,12-15,18H2,(H,32,34). The highest BCUT2D eigenvalue weighted by molar-refractivity contribution is 7.89. The molecule has 0 bridgehead atoms. The van der Waals surface area contributed by atoms with E-state index in [9.17, 15) is 13.2 Å². The van der Waals surface area contributed by atoms with Gasteiger partial charge in [-0.05, 0) is 72.9 Å². The summed E-state index contributed by atoms with van der Waals surface area (Å²) in [5, 5.41) is 2.91. The number of amides is 1. The van der Waals surface area contributed by atoms with Gasteiger partial charge >= 0.3 is 0 Å². The normalized spacial score (nSPS) is 19.8. The zero-order valence-corrected chi connectivity index (χ0v) is 21.7. The molecule has 1 aromatic heterocycles. The molecule has 1 aliphatic carbocycles. The number of ether oxygens (including phenoxy) is 1. The van der Waals surface area contributed by atoms with E-state index in [0.29, 0.717) is 48.3 Å². The predicted octanol–water partition coefficient (Wildman–Crippen LogP) is 3.46. The maximum atomic E-state index is 13.3. The van der Waals surface area contributed by atoms with Crippen LogP contribution in [0.3, 0.4) is 0 Å². The van der Waals surface area contributed by atoms with Gasteiger partial charge < -0.3 is 15.0 Å². The molecule has 2 aromatic carbocycles. The van der Waals surface area contributed by atoms with Crippen molar-refractivity contribution in [3.8, 4) is 0 Å². The number of anilines is 2. The molecule has 3 aromatic rings. The molecule has 1 amide bonds. The van der Waals surface area contributed by atoms with Gasteiger partial charge in [0.2, 0.25) is 15.9 Å². The first-order valence-corrected chi connectivity index (χ1v) is 14.3. The Labute approximate surface area is 222 Å². The number of nitrogens with zero attached hydrogens (tertiary/aromatic N) is 3. The number of pyridine rings is 1. The van der Waals surface area contributed by atoms with Crippen LogP contribution in [0.25, 0.3) is 0 Å². The Morgan fingerprint density at radius 3 is 2.63 bits per heavy atom. The number of sulfonamides is 1. The van der Waals surface area contributed by atoms with E-state index in [-0.39, 0.29) is 10.8 Å². The minimum atomic E-state index is -3.70. The van der Waals surface area contributed by atoms with Gasteiger partial charge in [0, 0.05) is 49.0 Å². The van der Waals surface area contributed by atoms with E-state index in [1.54, 1.807) is 24.5 Å². The molecule has 10 heteroatoms. The Hall–Kier alpha value is -3.60. The summed E-state index contributed by atoms with van der Waals surface area (Å²) >= 11 is 0. The summed E-state index contributed by atoms with van der Waals surface area (Å²) in [6.07, 6.45) is 5.41. The topological polar surface area (TPSA) is 113 Å². The third kappa shape index (κ3) is 5.20. The molecule has 0 radical (unpaired) electrons. The van der Waals surface area contributed by atoms with Crippen molar-refractivity contribution in [1.29, 1.82) is 0 Å². The van der Waals surface area contributed by atoms with E-state index in [4.69, 9.17) is 9.73 Å². The van der Waals surface area contributed by atoms with Crippen LogP contribution in [0, 0.1) is 5.92 Å². The maximum absolute atomic E-state index is 13.3. The summed E-state index contributed by atoms with van der Waals surface area (Å²) in [4.78, 5) is 24.8.